The van der Waals surface area contributed by atoms with Crippen molar-refractivity contribution in [3.63, 3.8) is 0 Å². The van der Waals surface area contributed by atoms with Crippen LogP contribution in [0.4, 0.5) is 5.82 Å². The van der Waals surface area contributed by atoms with Gasteiger partial charge in [0.25, 0.3) is 5.91 Å². The quantitative estimate of drug-likeness (QED) is 0.201. The van der Waals surface area contributed by atoms with Crippen molar-refractivity contribution >= 4 is 34.5 Å². The molecule has 34 heavy (non-hydrogen) atoms. The molecule has 0 bridgehead atoms. The lowest BCUT2D eigenvalue weighted by Gasteiger charge is -2.11. The zero-order valence-electron chi connectivity index (χ0n) is 20.1. The summed E-state index contributed by atoms with van der Waals surface area (Å²) in [6.07, 6.45) is 2.78. The minimum absolute atomic E-state index is 0.233. The molecule has 10 nitrogen and oxygen atoms in total. The number of ether oxygens (including phenoxy) is 3. The van der Waals surface area contributed by atoms with Crippen LogP contribution in [0.5, 0.6) is 11.5 Å². The Morgan fingerprint density at radius 1 is 1.15 bits per heavy atom. The number of thioether (sulfide) groups is 1. The van der Waals surface area contributed by atoms with E-state index in [0.29, 0.717) is 55.1 Å². The number of fused-ring (bicyclic) bond motifs is 1. The van der Waals surface area contributed by atoms with Gasteiger partial charge in [-0.1, -0.05) is 18.7 Å². The molecule has 0 aliphatic rings. The first-order valence-corrected chi connectivity index (χ1v) is 12.3. The maximum Gasteiger partial charge on any atom is 0.255 e. The molecule has 11 heteroatoms. The van der Waals surface area contributed by atoms with Crippen LogP contribution >= 0.6 is 11.8 Å². The summed E-state index contributed by atoms with van der Waals surface area (Å²) in [7, 11) is 3.09. The van der Waals surface area contributed by atoms with E-state index < -0.39 is 0 Å². The number of benzene rings is 1. The molecule has 2 aromatic heterocycles. The lowest BCUT2D eigenvalue weighted by Crippen LogP contribution is -2.28. The van der Waals surface area contributed by atoms with Gasteiger partial charge in [-0.2, -0.15) is 5.10 Å². The zero-order chi connectivity index (χ0) is 24.3. The third-order valence-electron chi connectivity index (χ3n) is 4.92. The van der Waals surface area contributed by atoms with E-state index in [1.807, 2.05) is 6.92 Å². The molecule has 0 aliphatic heterocycles. The van der Waals surface area contributed by atoms with Gasteiger partial charge < -0.3 is 24.8 Å². The van der Waals surface area contributed by atoms with Gasteiger partial charge in [0.2, 0.25) is 0 Å². The van der Waals surface area contributed by atoms with Crippen LogP contribution < -0.4 is 20.1 Å². The number of carbonyl (C=O) groups is 1. The second-order valence-corrected chi connectivity index (χ2v) is 8.32. The highest BCUT2D eigenvalue weighted by atomic mass is 32.2. The van der Waals surface area contributed by atoms with Gasteiger partial charge in [0, 0.05) is 31.5 Å². The van der Waals surface area contributed by atoms with Crippen LogP contribution in [-0.4, -0.2) is 71.9 Å². The van der Waals surface area contributed by atoms with E-state index in [1.54, 1.807) is 47.9 Å². The number of methoxy groups -OCH3 is 2. The summed E-state index contributed by atoms with van der Waals surface area (Å²) in [5.41, 5.74) is 1.17. The van der Waals surface area contributed by atoms with E-state index in [9.17, 15) is 4.79 Å². The first-order valence-electron chi connectivity index (χ1n) is 11.3. The minimum Gasteiger partial charge on any atom is -0.497 e. The monoisotopic (exact) mass is 488 g/mol. The Morgan fingerprint density at radius 2 is 2.00 bits per heavy atom. The molecule has 1 aromatic carbocycles. The fraction of sp³-hybridized carbons (Fsp3) is 0.478. The van der Waals surface area contributed by atoms with Crippen molar-refractivity contribution in [3.05, 3.63) is 30.0 Å². The number of hydrogen-bond donors (Lipinski definition) is 2. The number of rotatable bonds is 14. The smallest absolute Gasteiger partial charge is 0.255 e. The van der Waals surface area contributed by atoms with E-state index in [-0.39, 0.29) is 5.91 Å². The van der Waals surface area contributed by atoms with E-state index >= 15 is 0 Å². The normalized spacial score (nSPS) is 10.9. The molecule has 184 valence electrons. The van der Waals surface area contributed by atoms with E-state index in [4.69, 9.17) is 19.2 Å². The van der Waals surface area contributed by atoms with Crippen molar-refractivity contribution < 1.29 is 19.0 Å². The molecule has 0 saturated heterocycles. The number of nitrogens with one attached hydrogen (secondary N) is 2. The van der Waals surface area contributed by atoms with Crippen LogP contribution in [0.15, 0.2) is 29.6 Å². The molecule has 0 fully saturated rings. The van der Waals surface area contributed by atoms with Gasteiger partial charge in [0.05, 0.1) is 44.5 Å². The molecule has 0 saturated carbocycles. The van der Waals surface area contributed by atoms with Crippen molar-refractivity contribution in [3.8, 4) is 11.5 Å². The molecule has 2 heterocycles. The Kier molecular flexibility index (Phi) is 9.77. The average molecular weight is 489 g/mol. The van der Waals surface area contributed by atoms with Gasteiger partial charge >= 0.3 is 0 Å². The van der Waals surface area contributed by atoms with Crippen LogP contribution in [0.1, 0.15) is 30.6 Å². The fourth-order valence-corrected chi connectivity index (χ4v) is 3.93. The van der Waals surface area contributed by atoms with Crippen molar-refractivity contribution in [2.45, 2.75) is 32.0 Å². The number of nitrogens with zero attached hydrogens (tertiary/aromatic N) is 4. The Bertz CT molecular complexity index is 1090. The van der Waals surface area contributed by atoms with Gasteiger partial charge in [-0.25, -0.2) is 14.6 Å². The number of amides is 1. The molecular formula is C23H32N6O4S. The van der Waals surface area contributed by atoms with E-state index in [0.717, 1.165) is 29.0 Å². The topological polar surface area (TPSA) is 112 Å². The van der Waals surface area contributed by atoms with Gasteiger partial charge in [0.15, 0.2) is 10.8 Å². The zero-order valence-corrected chi connectivity index (χ0v) is 20.9. The van der Waals surface area contributed by atoms with Gasteiger partial charge in [-0.05, 0) is 25.5 Å². The lowest BCUT2D eigenvalue weighted by atomic mass is 10.1. The maximum atomic E-state index is 12.7. The number of aromatic nitrogens is 4. The molecule has 0 aliphatic carbocycles. The molecule has 0 unspecified atom stereocenters. The average Bonchev–Trinajstić information content (AvgIpc) is 3.27. The number of anilines is 1. The fourth-order valence-electron chi connectivity index (χ4n) is 3.23. The second-order valence-electron chi connectivity index (χ2n) is 7.25. The summed E-state index contributed by atoms with van der Waals surface area (Å²) < 4.78 is 17.7. The Balaban J connectivity index is 1.72. The molecule has 2 N–H and O–H groups in total. The molecule has 3 aromatic rings. The summed E-state index contributed by atoms with van der Waals surface area (Å²) in [4.78, 5) is 22.1. The first kappa shape index (κ1) is 25.6. The van der Waals surface area contributed by atoms with Crippen molar-refractivity contribution in [1.82, 2.24) is 25.1 Å². The standard InChI is InChI=1S/C23H32N6O4S/c1-5-13-34-23-27-20(24-10-12-33-6-2)18-15-26-29(21(18)28-23)11-9-25-22(30)17-8-7-16(31-3)14-19(17)32-4/h7-8,14-15H,5-6,9-13H2,1-4H3,(H,25,30)(H,24,27,28). The molecule has 1 amide bonds. The summed E-state index contributed by atoms with van der Waals surface area (Å²) in [6.45, 7) is 6.83. The predicted molar refractivity (Wildman–Crippen MR) is 133 cm³/mol. The third kappa shape index (κ3) is 6.51. The van der Waals surface area contributed by atoms with Crippen LogP contribution in [-0.2, 0) is 11.3 Å². The van der Waals surface area contributed by atoms with Crippen molar-refractivity contribution in [2.24, 2.45) is 0 Å². The summed E-state index contributed by atoms with van der Waals surface area (Å²) >= 11 is 1.61. The number of hydrogen-bond acceptors (Lipinski definition) is 9. The lowest BCUT2D eigenvalue weighted by molar-refractivity contribution is 0.0949. The third-order valence-corrected chi connectivity index (χ3v) is 5.97. The van der Waals surface area contributed by atoms with Crippen molar-refractivity contribution in [1.29, 1.82) is 0 Å². The summed E-state index contributed by atoms with van der Waals surface area (Å²) in [6, 6.07) is 5.09. The molecular weight excluding hydrogens is 456 g/mol. The first-order chi connectivity index (χ1) is 16.6. The Hall–Kier alpha value is -3.05. The van der Waals surface area contributed by atoms with Crippen LogP contribution in [0.3, 0.4) is 0 Å². The maximum absolute atomic E-state index is 12.7. The SMILES string of the molecule is CCCSc1nc(NCCOCC)c2cnn(CCNC(=O)c3ccc(OC)cc3OC)c2n1. The van der Waals surface area contributed by atoms with Gasteiger partial charge in [-0.15, -0.1) is 0 Å². The van der Waals surface area contributed by atoms with Gasteiger partial charge in [-0.3, -0.25) is 4.79 Å². The van der Waals surface area contributed by atoms with Crippen LogP contribution in [0, 0.1) is 0 Å². The minimum atomic E-state index is -0.233. The highest BCUT2D eigenvalue weighted by molar-refractivity contribution is 7.99. The summed E-state index contributed by atoms with van der Waals surface area (Å²) in [5.74, 6) is 2.51. The van der Waals surface area contributed by atoms with Crippen LogP contribution in [0.25, 0.3) is 11.0 Å². The van der Waals surface area contributed by atoms with E-state index in [2.05, 4.69) is 27.6 Å². The van der Waals surface area contributed by atoms with Gasteiger partial charge in [0.1, 0.15) is 17.3 Å². The molecule has 3 rings (SSSR count). The van der Waals surface area contributed by atoms with Crippen LogP contribution in [0.2, 0.25) is 0 Å². The number of carbonyl (C=O) groups excluding carboxylic acids is 1. The second kappa shape index (κ2) is 13.0. The van der Waals surface area contributed by atoms with Crippen molar-refractivity contribution in [2.75, 3.05) is 51.6 Å². The summed E-state index contributed by atoms with van der Waals surface area (Å²) in [5, 5.41) is 12.3. The van der Waals surface area contributed by atoms with E-state index in [1.165, 1.54) is 7.11 Å². The highest BCUT2D eigenvalue weighted by Crippen LogP contribution is 2.26. The Labute approximate surface area is 203 Å². The largest absolute Gasteiger partial charge is 0.497 e. The predicted octanol–water partition coefficient (Wildman–Crippen LogP) is 3.22. The molecule has 0 radical (unpaired) electrons. The molecule has 0 atom stereocenters. The Morgan fingerprint density at radius 3 is 2.74 bits per heavy atom. The highest BCUT2D eigenvalue weighted by Gasteiger charge is 2.15. The molecule has 0 spiro atoms.